The molecule has 4 N–H and O–H groups in total. The summed E-state index contributed by atoms with van der Waals surface area (Å²) in [6, 6.07) is 16.1. The first-order valence-electron chi connectivity index (χ1n) is 9.84. The lowest BCUT2D eigenvalue weighted by Gasteiger charge is -2.16. The molecule has 0 aliphatic heterocycles. The van der Waals surface area contributed by atoms with E-state index in [1.807, 2.05) is 31.2 Å². The molecule has 0 spiro atoms. The Bertz CT molecular complexity index is 967. The second kappa shape index (κ2) is 10.4. The fraction of sp³-hybridized carbons (Fsp3) is 0.304. The quantitative estimate of drug-likeness (QED) is 0.390. The molecular formula is C23H28N4O2. The number of allylic oxidation sites excluding steroid dienone is 1. The normalized spacial score (nSPS) is 15.3. The maximum Gasteiger partial charge on any atom is 0.120 e. The van der Waals surface area contributed by atoms with Crippen LogP contribution in [-0.2, 0) is 0 Å². The number of hydrogen-bond donors (Lipinski definition) is 2. The molecule has 0 fully saturated rings. The number of nitrogens with two attached hydrogens (primary N) is 2. The van der Waals surface area contributed by atoms with Crippen molar-refractivity contribution >= 4 is 12.2 Å². The molecule has 3 rings (SSSR count). The van der Waals surface area contributed by atoms with Gasteiger partial charge in [-0.2, -0.15) is 5.11 Å². The van der Waals surface area contributed by atoms with Gasteiger partial charge in [-0.3, -0.25) is 0 Å². The minimum Gasteiger partial charge on any atom is -0.491 e. The standard InChI is InChI=1S/C23H28N4O2/c1-17(6-15-23(24)26-27-25)29-22-13-11-21(12-14-22)28-16-18-7-9-19-4-2-3-5-20(19)10-8-18/h2-5,7,9-14,17,23H,6,8,15-16,24H2,1H3,(H2,25,26). The van der Waals surface area contributed by atoms with Crippen molar-refractivity contribution in [1.82, 2.24) is 0 Å². The van der Waals surface area contributed by atoms with Crippen LogP contribution in [0.25, 0.3) is 12.2 Å². The fourth-order valence-electron chi connectivity index (χ4n) is 3.10. The van der Waals surface area contributed by atoms with E-state index in [0.717, 1.165) is 24.3 Å². The molecule has 0 saturated carbocycles. The summed E-state index contributed by atoms with van der Waals surface area (Å²) in [5.74, 6) is 6.62. The highest BCUT2D eigenvalue weighted by Gasteiger charge is 2.08. The Morgan fingerprint density at radius 3 is 2.45 bits per heavy atom. The van der Waals surface area contributed by atoms with E-state index in [-0.39, 0.29) is 12.3 Å². The highest BCUT2D eigenvalue weighted by Crippen LogP contribution is 2.20. The first-order valence-corrected chi connectivity index (χ1v) is 9.84. The van der Waals surface area contributed by atoms with E-state index in [1.165, 1.54) is 16.0 Å². The predicted octanol–water partition coefficient (Wildman–Crippen LogP) is 2.81. The fourth-order valence-corrected chi connectivity index (χ4v) is 3.10. The zero-order valence-corrected chi connectivity index (χ0v) is 16.7. The molecule has 2 unspecified atom stereocenters. The van der Waals surface area contributed by atoms with Crippen LogP contribution in [-0.4, -0.2) is 18.9 Å². The maximum absolute atomic E-state index is 5.95. The Hall–Kier alpha value is -3.12. The molecule has 152 valence electrons. The van der Waals surface area contributed by atoms with Crippen LogP contribution in [0.4, 0.5) is 0 Å². The average Bonchev–Trinajstić information content (AvgIpc) is 2.94. The lowest BCUT2D eigenvalue weighted by atomic mass is 10.2. The molecule has 1 aliphatic rings. The first-order chi connectivity index (χ1) is 14.1. The average molecular weight is 393 g/mol. The molecule has 1 aliphatic carbocycles. The van der Waals surface area contributed by atoms with Gasteiger partial charge >= 0.3 is 0 Å². The molecule has 0 heterocycles. The molecule has 6 heteroatoms. The van der Waals surface area contributed by atoms with Crippen LogP contribution in [0.3, 0.4) is 0 Å². The number of fused-ring (bicyclic) bond motifs is 1. The van der Waals surface area contributed by atoms with Crippen LogP contribution in [0.1, 0.15) is 26.2 Å². The van der Waals surface area contributed by atoms with E-state index < -0.39 is 0 Å². The van der Waals surface area contributed by atoms with Gasteiger partial charge in [0.05, 0.1) is 6.10 Å². The Morgan fingerprint density at radius 1 is 0.966 bits per heavy atom. The summed E-state index contributed by atoms with van der Waals surface area (Å²) in [5, 5.41) is 9.41. The number of hydrogen-bond acceptors (Lipinski definition) is 5. The van der Waals surface area contributed by atoms with Crippen LogP contribution < -0.4 is 31.5 Å². The number of nitrogens with zero attached hydrogens (tertiary/aromatic N) is 2. The molecule has 0 aromatic heterocycles. The summed E-state index contributed by atoms with van der Waals surface area (Å²) in [6.07, 6.45) is 8.49. The van der Waals surface area contributed by atoms with Gasteiger partial charge in [-0.05, 0) is 66.5 Å². The number of benzene rings is 2. The second-order valence-corrected chi connectivity index (χ2v) is 7.09. The van der Waals surface area contributed by atoms with Crippen molar-refractivity contribution in [3.63, 3.8) is 0 Å². The van der Waals surface area contributed by atoms with E-state index in [9.17, 15) is 0 Å². The van der Waals surface area contributed by atoms with E-state index in [2.05, 4.69) is 52.8 Å². The van der Waals surface area contributed by atoms with Crippen molar-refractivity contribution in [3.05, 3.63) is 70.6 Å². The molecule has 0 radical (unpaired) electrons. The zero-order valence-electron chi connectivity index (χ0n) is 16.7. The SMILES string of the molecule is CC(CCC(N)/N=N\N)Oc1ccc(OCC2=CC=c3ccccc3=CC2)cc1. The van der Waals surface area contributed by atoms with Gasteiger partial charge in [0.15, 0.2) is 0 Å². The van der Waals surface area contributed by atoms with Gasteiger partial charge in [0.2, 0.25) is 0 Å². The summed E-state index contributed by atoms with van der Waals surface area (Å²) in [6.45, 7) is 2.56. The molecule has 29 heavy (non-hydrogen) atoms. The van der Waals surface area contributed by atoms with Crippen molar-refractivity contribution in [1.29, 1.82) is 0 Å². The van der Waals surface area contributed by atoms with Crippen LogP contribution in [0, 0.1) is 0 Å². The number of ether oxygens (including phenoxy) is 2. The molecule has 6 nitrogen and oxygen atoms in total. The summed E-state index contributed by atoms with van der Waals surface area (Å²) in [4.78, 5) is 0. The molecule has 0 saturated heterocycles. The maximum atomic E-state index is 5.95. The Balaban J connectivity index is 1.48. The van der Waals surface area contributed by atoms with Crippen LogP contribution in [0.2, 0.25) is 0 Å². The molecule has 2 aromatic carbocycles. The van der Waals surface area contributed by atoms with E-state index in [1.54, 1.807) is 0 Å². The highest BCUT2D eigenvalue weighted by molar-refractivity contribution is 5.47. The van der Waals surface area contributed by atoms with E-state index in [4.69, 9.17) is 21.1 Å². The largest absolute Gasteiger partial charge is 0.491 e. The lowest BCUT2D eigenvalue weighted by molar-refractivity contribution is 0.204. The Kier molecular flexibility index (Phi) is 7.41. The summed E-state index contributed by atoms with van der Waals surface area (Å²) in [7, 11) is 0. The molecule has 2 atom stereocenters. The summed E-state index contributed by atoms with van der Waals surface area (Å²) in [5.41, 5.74) is 6.99. The van der Waals surface area contributed by atoms with Crippen LogP contribution in [0.15, 0.2) is 70.5 Å². The van der Waals surface area contributed by atoms with Crippen molar-refractivity contribution < 1.29 is 9.47 Å². The van der Waals surface area contributed by atoms with Crippen molar-refractivity contribution in [2.24, 2.45) is 21.9 Å². The topological polar surface area (TPSA) is 95.2 Å². The third-order valence-electron chi connectivity index (χ3n) is 4.75. The van der Waals surface area contributed by atoms with Gasteiger partial charge in [-0.15, -0.1) is 0 Å². The lowest BCUT2D eigenvalue weighted by Crippen LogP contribution is -2.22. The Labute approximate surface area is 171 Å². The minimum absolute atomic E-state index is 0.0182. The van der Waals surface area contributed by atoms with Gasteiger partial charge < -0.3 is 21.1 Å². The first kappa shape index (κ1) is 20.6. The molecular weight excluding hydrogens is 364 g/mol. The molecule has 2 aromatic rings. The molecule has 0 bridgehead atoms. The van der Waals surface area contributed by atoms with Crippen molar-refractivity contribution in [2.45, 2.75) is 38.5 Å². The van der Waals surface area contributed by atoms with Crippen molar-refractivity contribution in [3.8, 4) is 11.5 Å². The highest BCUT2D eigenvalue weighted by atomic mass is 16.5. The number of rotatable bonds is 9. The van der Waals surface area contributed by atoms with E-state index >= 15 is 0 Å². The van der Waals surface area contributed by atoms with Gasteiger partial charge in [-0.1, -0.05) is 47.7 Å². The van der Waals surface area contributed by atoms with Gasteiger partial charge in [0, 0.05) is 0 Å². The second-order valence-electron chi connectivity index (χ2n) is 7.09. The predicted molar refractivity (Wildman–Crippen MR) is 116 cm³/mol. The van der Waals surface area contributed by atoms with Crippen molar-refractivity contribution in [2.75, 3.05) is 6.61 Å². The zero-order chi connectivity index (χ0) is 20.5. The summed E-state index contributed by atoms with van der Waals surface area (Å²) >= 11 is 0. The monoisotopic (exact) mass is 392 g/mol. The van der Waals surface area contributed by atoms with Crippen LogP contribution in [0.5, 0.6) is 11.5 Å². The third kappa shape index (κ3) is 6.47. The van der Waals surface area contributed by atoms with Gasteiger partial charge in [0.25, 0.3) is 0 Å². The van der Waals surface area contributed by atoms with Crippen LogP contribution >= 0.6 is 0 Å². The van der Waals surface area contributed by atoms with Gasteiger partial charge in [0.1, 0.15) is 24.3 Å². The molecule has 0 amide bonds. The van der Waals surface area contributed by atoms with E-state index in [0.29, 0.717) is 13.0 Å². The Morgan fingerprint density at radius 2 is 1.69 bits per heavy atom. The third-order valence-corrected chi connectivity index (χ3v) is 4.75. The summed E-state index contributed by atoms with van der Waals surface area (Å²) < 4.78 is 11.9. The van der Waals surface area contributed by atoms with Gasteiger partial charge in [-0.25, -0.2) is 0 Å². The smallest absolute Gasteiger partial charge is 0.120 e. The minimum atomic E-state index is -0.387.